The number of fused-ring (bicyclic) bond motifs is 1. The molecule has 20 heavy (non-hydrogen) atoms. The van der Waals surface area contributed by atoms with E-state index in [-0.39, 0.29) is 11.7 Å². The standard InChI is InChI=1S/C16H21FN2O/c1-11-8-14(17)4-2-13(11)10-19-15-6-7-18-9-12(15)3-5-16(19)20/h2,4,8,12,15,18H,3,5-7,9-10H2,1H3. The SMILES string of the molecule is Cc1cc(F)ccc1CN1C(=O)CCC2CNCCC21. The first-order valence-corrected chi connectivity index (χ1v) is 7.40. The van der Waals surface area contributed by atoms with Crippen LogP contribution in [0.1, 0.15) is 30.4 Å². The number of piperidine rings is 2. The summed E-state index contributed by atoms with van der Waals surface area (Å²) in [5.74, 6) is 0.607. The van der Waals surface area contributed by atoms with Crippen molar-refractivity contribution in [3.8, 4) is 0 Å². The minimum atomic E-state index is -0.212. The first-order chi connectivity index (χ1) is 9.65. The molecule has 1 N–H and O–H groups in total. The van der Waals surface area contributed by atoms with E-state index in [4.69, 9.17) is 0 Å². The van der Waals surface area contributed by atoms with E-state index >= 15 is 0 Å². The van der Waals surface area contributed by atoms with Gasteiger partial charge in [-0.25, -0.2) is 4.39 Å². The molecule has 0 bridgehead atoms. The number of carbonyl (C=O) groups is 1. The van der Waals surface area contributed by atoms with Crippen LogP contribution in [0.15, 0.2) is 18.2 Å². The molecule has 2 heterocycles. The van der Waals surface area contributed by atoms with Gasteiger partial charge in [-0.3, -0.25) is 4.79 Å². The number of halogens is 1. The average molecular weight is 276 g/mol. The van der Waals surface area contributed by atoms with Gasteiger partial charge in [-0.1, -0.05) is 6.07 Å². The highest BCUT2D eigenvalue weighted by Gasteiger charge is 2.37. The summed E-state index contributed by atoms with van der Waals surface area (Å²) in [5.41, 5.74) is 1.98. The summed E-state index contributed by atoms with van der Waals surface area (Å²) in [7, 11) is 0. The minimum absolute atomic E-state index is 0.212. The largest absolute Gasteiger partial charge is 0.335 e. The molecule has 0 aliphatic carbocycles. The Bertz CT molecular complexity index is 517. The van der Waals surface area contributed by atoms with Crippen molar-refractivity contribution < 1.29 is 9.18 Å². The van der Waals surface area contributed by atoms with Crippen LogP contribution in [-0.4, -0.2) is 29.9 Å². The molecule has 2 aliphatic heterocycles. The monoisotopic (exact) mass is 276 g/mol. The predicted molar refractivity (Wildman–Crippen MR) is 75.7 cm³/mol. The van der Waals surface area contributed by atoms with Crippen LogP contribution in [0.2, 0.25) is 0 Å². The van der Waals surface area contributed by atoms with Crippen molar-refractivity contribution in [1.29, 1.82) is 0 Å². The number of aryl methyl sites for hydroxylation is 1. The second-order valence-corrected chi connectivity index (χ2v) is 5.95. The van der Waals surface area contributed by atoms with E-state index in [1.165, 1.54) is 6.07 Å². The van der Waals surface area contributed by atoms with Gasteiger partial charge in [-0.2, -0.15) is 0 Å². The number of carbonyl (C=O) groups excluding carboxylic acids is 1. The Morgan fingerprint density at radius 2 is 2.25 bits per heavy atom. The summed E-state index contributed by atoms with van der Waals surface area (Å²) in [4.78, 5) is 14.3. The van der Waals surface area contributed by atoms with Crippen molar-refractivity contribution in [1.82, 2.24) is 10.2 Å². The van der Waals surface area contributed by atoms with Crippen molar-refractivity contribution in [3.05, 3.63) is 35.1 Å². The third kappa shape index (κ3) is 2.57. The first-order valence-electron chi connectivity index (χ1n) is 7.40. The van der Waals surface area contributed by atoms with Gasteiger partial charge in [0.05, 0.1) is 0 Å². The Labute approximate surface area is 119 Å². The summed E-state index contributed by atoms with van der Waals surface area (Å²) >= 11 is 0. The number of nitrogens with one attached hydrogen (secondary N) is 1. The fraction of sp³-hybridized carbons (Fsp3) is 0.562. The Kier molecular flexibility index (Phi) is 3.74. The molecule has 4 heteroatoms. The van der Waals surface area contributed by atoms with Gasteiger partial charge in [0.2, 0.25) is 5.91 Å². The van der Waals surface area contributed by atoms with E-state index in [2.05, 4.69) is 5.32 Å². The molecule has 1 aromatic rings. The van der Waals surface area contributed by atoms with Crippen LogP contribution in [0, 0.1) is 18.7 Å². The maximum absolute atomic E-state index is 13.2. The number of amides is 1. The van der Waals surface area contributed by atoms with Gasteiger partial charge in [0.1, 0.15) is 5.82 Å². The fourth-order valence-electron chi connectivity index (χ4n) is 3.48. The van der Waals surface area contributed by atoms with E-state index in [0.29, 0.717) is 24.9 Å². The molecule has 2 fully saturated rings. The molecule has 2 unspecified atom stereocenters. The molecule has 1 amide bonds. The molecule has 1 aromatic carbocycles. The van der Waals surface area contributed by atoms with Crippen LogP contribution >= 0.6 is 0 Å². The molecule has 2 aliphatic rings. The summed E-state index contributed by atoms with van der Waals surface area (Å²) in [6, 6.07) is 5.19. The average Bonchev–Trinajstić information content (AvgIpc) is 2.44. The van der Waals surface area contributed by atoms with Gasteiger partial charge < -0.3 is 10.2 Å². The Balaban J connectivity index is 1.81. The molecule has 0 radical (unpaired) electrons. The predicted octanol–water partition coefficient (Wildman–Crippen LogP) is 2.23. The Morgan fingerprint density at radius 1 is 1.40 bits per heavy atom. The Morgan fingerprint density at radius 3 is 3.05 bits per heavy atom. The van der Waals surface area contributed by atoms with Crippen LogP contribution in [0.5, 0.6) is 0 Å². The van der Waals surface area contributed by atoms with Crippen LogP contribution in [0.25, 0.3) is 0 Å². The lowest BCUT2D eigenvalue weighted by molar-refractivity contribution is -0.140. The van der Waals surface area contributed by atoms with Crippen molar-refractivity contribution in [2.24, 2.45) is 5.92 Å². The maximum Gasteiger partial charge on any atom is 0.223 e. The minimum Gasteiger partial charge on any atom is -0.335 e. The molecular weight excluding hydrogens is 255 g/mol. The number of hydrogen-bond acceptors (Lipinski definition) is 2. The number of rotatable bonds is 2. The lowest BCUT2D eigenvalue weighted by Gasteiger charge is -2.44. The molecule has 2 atom stereocenters. The highest BCUT2D eigenvalue weighted by molar-refractivity contribution is 5.77. The van der Waals surface area contributed by atoms with Gasteiger partial charge in [-0.05, 0) is 62.0 Å². The lowest BCUT2D eigenvalue weighted by atomic mass is 9.84. The van der Waals surface area contributed by atoms with E-state index in [9.17, 15) is 9.18 Å². The van der Waals surface area contributed by atoms with Crippen LogP contribution in [0.3, 0.4) is 0 Å². The van der Waals surface area contributed by atoms with Crippen LogP contribution in [0.4, 0.5) is 4.39 Å². The van der Waals surface area contributed by atoms with Crippen molar-refractivity contribution in [2.45, 2.75) is 38.8 Å². The summed E-state index contributed by atoms with van der Waals surface area (Å²) in [6.45, 7) is 4.52. The zero-order valence-corrected chi connectivity index (χ0v) is 11.9. The molecule has 3 rings (SSSR count). The normalized spacial score (nSPS) is 26.5. The fourth-order valence-corrected chi connectivity index (χ4v) is 3.48. The van der Waals surface area contributed by atoms with Gasteiger partial charge in [0.25, 0.3) is 0 Å². The number of likely N-dealkylation sites (tertiary alicyclic amines) is 1. The van der Waals surface area contributed by atoms with Crippen molar-refractivity contribution in [3.63, 3.8) is 0 Å². The summed E-state index contributed by atoms with van der Waals surface area (Å²) in [6.07, 6.45) is 2.66. The molecule has 0 aromatic heterocycles. The highest BCUT2D eigenvalue weighted by Crippen LogP contribution is 2.30. The molecule has 108 valence electrons. The van der Waals surface area contributed by atoms with Gasteiger partial charge in [-0.15, -0.1) is 0 Å². The number of nitrogens with zero attached hydrogens (tertiary/aromatic N) is 1. The van der Waals surface area contributed by atoms with Crippen LogP contribution in [-0.2, 0) is 11.3 Å². The van der Waals surface area contributed by atoms with Crippen LogP contribution < -0.4 is 5.32 Å². The second kappa shape index (κ2) is 5.52. The third-order valence-corrected chi connectivity index (χ3v) is 4.66. The van der Waals surface area contributed by atoms with E-state index < -0.39 is 0 Å². The summed E-state index contributed by atoms with van der Waals surface area (Å²) in [5, 5.41) is 3.41. The maximum atomic E-state index is 13.2. The third-order valence-electron chi connectivity index (χ3n) is 4.66. The quantitative estimate of drug-likeness (QED) is 0.898. The van der Waals surface area contributed by atoms with Gasteiger partial charge in [0.15, 0.2) is 0 Å². The van der Waals surface area contributed by atoms with E-state index in [1.54, 1.807) is 6.07 Å². The van der Waals surface area contributed by atoms with Gasteiger partial charge in [0, 0.05) is 19.0 Å². The molecule has 3 nitrogen and oxygen atoms in total. The highest BCUT2D eigenvalue weighted by atomic mass is 19.1. The first kappa shape index (κ1) is 13.6. The van der Waals surface area contributed by atoms with Gasteiger partial charge >= 0.3 is 0 Å². The van der Waals surface area contributed by atoms with Crippen molar-refractivity contribution in [2.75, 3.05) is 13.1 Å². The van der Waals surface area contributed by atoms with Crippen molar-refractivity contribution >= 4 is 5.91 Å². The molecular formula is C16H21FN2O. The zero-order valence-electron chi connectivity index (χ0n) is 11.9. The number of hydrogen-bond donors (Lipinski definition) is 1. The lowest BCUT2D eigenvalue weighted by Crippen LogP contribution is -2.54. The molecule has 0 saturated carbocycles. The topological polar surface area (TPSA) is 32.3 Å². The number of benzene rings is 1. The second-order valence-electron chi connectivity index (χ2n) is 5.95. The zero-order chi connectivity index (χ0) is 14.1. The molecule has 2 saturated heterocycles. The molecule has 0 spiro atoms. The Hall–Kier alpha value is -1.42. The van der Waals surface area contributed by atoms with E-state index in [0.717, 1.165) is 37.1 Å². The summed E-state index contributed by atoms with van der Waals surface area (Å²) < 4.78 is 13.2. The smallest absolute Gasteiger partial charge is 0.223 e. The van der Waals surface area contributed by atoms with E-state index in [1.807, 2.05) is 17.9 Å².